The van der Waals surface area contributed by atoms with E-state index in [-0.39, 0.29) is 11.9 Å². The van der Waals surface area contributed by atoms with Crippen LogP contribution in [0.25, 0.3) is 11.0 Å². The Morgan fingerprint density at radius 1 is 1.28 bits per heavy atom. The standard InChI is InChI=1S/C19H22N4O2/c1-4-9-25-17-8-6-5-7-16(17)22-19(24)15-10-14-12-21-23(13(2)3)18(14)20-11-15/h5-8,10-13H,4,9H2,1-3H3,(H,22,24). The maximum atomic E-state index is 12.6. The largest absolute Gasteiger partial charge is 0.491 e. The SMILES string of the molecule is CCCOc1ccccc1NC(=O)c1cnc2c(cnn2C(C)C)c1. The molecule has 6 nitrogen and oxygen atoms in total. The molecule has 25 heavy (non-hydrogen) atoms. The lowest BCUT2D eigenvalue weighted by molar-refractivity contribution is 0.102. The van der Waals surface area contributed by atoms with Crippen LogP contribution in [-0.2, 0) is 0 Å². The minimum Gasteiger partial charge on any atom is -0.491 e. The van der Waals surface area contributed by atoms with Gasteiger partial charge in [-0.3, -0.25) is 4.79 Å². The highest BCUT2D eigenvalue weighted by molar-refractivity contribution is 6.06. The second kappa shape index (κ2) is 7.34. The molecule has 0 aliphatic rings. The van der Waals surface area contributed by atoms with Crippen molar-refractivity contribution in [3.63, 3.8) is 0 Å². The second-order valence-electron chi connectivity index (χ2n) is 6.12. The number of benzene rings is 1. The molecule has 0 spiro atoms. The summed E-state index contributed by atoms with van der Waals surface area (Å²) in [5.41, 5.74) is 1.92. The van der Waals surface area contributed by atoms with Crippen molar-refractivity contribution in [3.05, 3.63) is 48.3 Å². The van der Waals surface area contributed by atoms with Crippen molar-refractivity contribution >= 4 is 22.6 Å². The molecule has 1 N–H and O–H groups in total. The van der Waals surface area contributed by atoms with E-state index in [0.29, 0.717) is 23.6 Å². The van der Waals surface area contributed by atoms with E-state index in [2.05, 4.69) is 15.4 Å². The van der Waals surface area contributed by atoms with Gasteiger partial charge < -0.3 is 10.1 Å². The summed E-state index contributed by atoms with van der Waals surface area (Å²) in [4.78, 5) is 17.0. The van der Waals surface area contributed by atoms with E-state index >= 15 is 0 Å². The summed E-state index contributed by atoms with van der Waals surface area (Å²) in [6.07, 6.45) is 4.22. The maximum Gasteiger partial charge on any atom is 0.257 e. The summed E-state index contributed by atoms with van der Waals surface area (Å²) < 4.78 is 7.52. The molecule has 3 rings (SSSR count). The number of carbonyl (C=O) groups is 1. The van der Waals surface area contributed by atoms with E-state index < -0.39 is 0 Å². The van der Waals surface area contributed by atoms with Crippen LogP contribution in [0.3, 0.4) is 0 Å². The van der Waals surface area contributed by atoms with Crippen molar-refractivity contribution in [3.8, 4) is 5.75 Å². The van der Waals surface area contributed by atoms with Gasteiger partial charge in [-0.05, 0) is 38.5 Å². The number of anilines is 1. The fraction of sp³-hybridized carbons (Fsp3) is 0.316. The Bertz CT molecular complexity index is 886. The van der Waals surface area contributed by atoms with E-state index in [4.69, 9.17) is 4.74 Å². The molecule has 0 bridgehead atoms. The van der Waals surface area contributed by atoms with Gasteiger partial charge in [0.15, 0.2) is 5.65 Å². The summed E-state index contributed by atoms with van der Waals surface area (Å²) in [5.74, 6) is 0.443. The van der Waals surface area contributed by atoms with Crippen molar-refractivity contribution in [1.82, 2.24) is 14.8 Å². The third-order valence-electron chi connectivity index (χ3n) is 3.78. The molecular formula is C19H22N4O2. The van der Waals surface area contributed by atoms with Gasteiger partial charge in [0.1, 0.15) is 5.75 Å². The number of hydrogen-bond donors (Lipinski definition) is 1. The number of ether oxygens (including phenoxy) is 1. The Balaban J connectivity index is 1.83. The van der Waals surface area contributed by atoms with Gasteiger partial charge in [0.25, 0.3) is 5.91 Å². The number of hydrogen-bond acceptors (Lipinski definition) is 4. The maximum absolute atomic E-state index is 12.6. The third-order valence-corrected chi connectivity index (χ3v) is 3.78. The molecule has 0 saturated heterocycles. The molecule has 130 valence electrons. The summed E-state index contributed by atoms with van der Waals surface area (Å²) >= 11 is 0. The minimum absolute atomic E-state index is 0.215. The van der Waals surface area contributed by atoms with Crippen LogP contribution in [0.1, 0.15) is 43.6 Å². The van der Waals surface area contributed by atoms with E-state index in [1.165, 1.54) is 0 Å². The highest BCUT2D eigenvalue weighted by Crippen LogP contribution is 2.25. The molecule has 0 aliphatic carbocycles. The number of nitrogens with one attached hydrogen (secondary N) is 1. The topological polar surface area (TPSA) is 69.0 Å². The Morgan fingerprint density at radius 2 is 2.08 bits per heavy atom. The summed E-state index contributed by atoms with van der Waals surface area (Å²) in [6, 6.07) is 9.44. The first kappa shape index (κ1) is 17.0. The van der Waals surface area contributed by atoms with E-state index in [1.54, 1.807) is 18.5 Å². The summed E-state index contributed by atoms with van der Waals surface area (Å²) in [5, 5.41) is 8.07. The van der Waals surface area contributed by atoms with Crippen LogP contribution >= 0.6 is 0 Å². The van der Waals surface area contributed by atoms with Gasteiger partial charge in [0.05, 0.1) is 24.1 Å². The smallest absolute Gasteiger partial charge is 0.257 e. The summed E-state index contributed by atoms with van der Waals surface area (Å²) in [7, 11) is 0. The number of rotatable bonds is 6. The first-order valence-corrected chi connectivity index (χ1v) is 8.46. The highest BCUT2D eigenvalue weighted by atomic mass is 16.5. The predicted molar refractivity (Wildman–Crippen MR) is 98.1 cm³/mol. The normalized spacial score (nSPS) is 11.0. The monoisotopic (exact) mass is 338 g/mol. The van der Waals surface area contributed by atoms with E-state index in [9.17, 15) is 4.79 Å². The first-order chi connectivity index (χ1) is 12.1. The quantitative estimate of drug-likeness (QED) is 0.736. The number of fused-ring (bicyclic) bond motifs is 1. The second-order valence-corrected chi connectivity index (χ2v) is 6.12. The fourth-order valence-electron chi connectivity index (χ4n) is 2.54. The van der Waals surface area contributed by atoms with Crippen LogP contribution in [0.4, 0.5) is 5.69 Å². The predicted octanol–water partition coefficient (Wildman–Crippen LogP) is 4.05. The van der Waals surface area contributed by atoms with Gasteiger partial charge in [-0.2, -0.15) is 5.10 Å². The van der Waals surface area contributed by atoms with Gasteiger partial charge in [0, 0.05) is 17.6 Å². The number of para-hydroxylation sites is 2. The average molecular weight is 338 g/mol. The third kappa shape index (κ3) is 3.63. The van der Waals surface area contributed by atoms with Gasteiger partial charge in [-0.1, -0.05) is 19.1 Å². The Kier molecular flexibility index (Phi) is 4.97. The number of amides is 1. The molecule has 0 fully saturated rings. The van der Waals surface area contributed by atoms with Gasteiger partial charge in [-0.15, -0.1) is 0 Å². The van der Waals surface area contributed by atoms with Crippen LogP contribution in [0, 0.1) is 0 Å². The van der Waals surface area contributed by atoms with Gasteiger partial charge >= 0.3 is 0 Å². The van der Waals surface area contributed by atoms with Crippen molar-refractivity contribution in [2.45, 2.75) is 33.2 Å². The highest BCUT2D eigenvalue weighted by Gasteiger charge is 2.13. The number of aromatic nitrogens is 3. The fourth-order valence-corrected chi connectivity index (χ4v) is 2.54. The molecule has 1 amide bonds. The number of pyridine rings is 1. The van der Waals surface area contributed by atoms with Crippen LogP contribution in [0.2, 0.25) is 0 Å². The lowest BCUT2D eigenvalue weighted by atomic mass is 10.2. The zero-order valence-electron chi connectivity index (χ0n) is 14.7. The lowest BCUT2D eigenvalue weighted by Crippen LogP contribution is -2.13. The Morgan fingerprint density at radius 3 is 2.84 bits per heavy atom. The van der Waals surface area contributed by atoms with Gasteiger partial charge in [0.2, 0.25) is 0 Å². The molecule has 0 atom stereocenters. The molecule has 0 aliphatic heterocycles. The van der Waals surface area contributed by atoms with E-state index in [1.807, 2.05) is 49.7 Å². The van der Waals surface area contributed by atoms with Crippen LogP contribution < -0.4 is 10.1 Å². The van der Waals surface area contributed by atoms with Crippen molar-refractivity contribution in [2.24, 2.45) is 0 Å². The van der Waals surface area contributed by atoms with Crippen molar-refractivity contribution in [1.29, 1.82) is 0 Å². The molecular weight excluding hydrogens is 316 g/mol. The van der Waals surface area contributed by atoms with Crippen LogP contribution in [0.15, 0.2) is 42.7 Å². The van der Waals surface area contributed by atoms with Gasteiger partial charge in [-0.25, -0.2) is 9.67 Å². The molecule has 0 saturated carbocycles. The molecule has 0 unspecified atom stereocenters. The van der Waals surface area contributed by atoms with Crippen molar-refractivity contribution in [2.75, 3.05) is 11.9 Å². The number of nitrogens with zero attached hydrogens (tertiary/aromatic N) is 3. The first-order valence-electron chi connectivity index (χ1n) is 8.46. The zero-order chi connectivity index (χ0) is 17.8. The molecule has 3 aromatic rings. The molecule has 6 heteroatoms. The zero-order valence-corrected chi connectivity index (χ0v) is 14.7. The number of carbonyl (C=O) groups excluding carboxylic acids is 1. The van der Waals surface area contributed by atoms with Crippen LogP contribution in [-0.4, -0.2) is 27.3 Å². The minimum atomic E-state index is -0.223. The molecule has 0 radical (unpaired) electrons. The van der Waals surface area contributed by atoms with Crippen molar-refractivity contribution < 1.29 is 9.53 Å². The summed E-state index contributed by atoms with van der Waals surface area (Å²) in [6.45, 7) is 6.73. The van der Waals surface area contributed by atoms with E-state index in [0.717, 1.165) is 17.5 Å². The average Bonchev–Trinajstić information content (AvgIpc) is 3.04. The molecule has 2 heterocycles. The van der Waals surface area contributed by atoms with Crippen LogP contribution in [0.5, 0.6) is 5.75 Å². The Hall–Kier alpha value is -2.89. The Labute approximate surface area is 146 Å². The molecule has 1 aromatic carbocycles. The lowest BCUT2D eigenvalue weighted by Gasteiger charge is -2.12. The molecule has 2 aromatic heterocycles.